The number of ether oxygens (including phenoxy) is 1. The molecule has 0 spiro atoms. The number of rotatable bonds is 7. The lowest BCUT2D eigenvalue weighted by molar-refractivity contribution is 0.0952. The van der Waals surface area contributed by atoms with Gasteiger partial charge in [-0.1, -0.05) is 78.9 Å². The van der Waals surface area contributed by atoms with E-state index in [4.69, 9.17) is 9.72 Å². The zero-order valence-electron chi connectivity index (χ0n) is 17.0. The van der Waals surface area contributed by atoms with Crippen LogP contribution < -0.4 is 10.1 Å². The molecule has 1 aromatic heterocycles. The molecule has 0 fully saturated rings. The van der Waals surface area contributed by atoms with Gasteiger partial charge < -0.3 is 10.1 Å². The second-order valence-corrected chi connectivity index (χ2v) is 7.10. The van der Waals surface area contributed by atoms with Gasteiger partial charge in [0.25, 0.3) is 5.91 Å². The van der Waals surface area contributed by atoms with E-state index in [9.17, 15) is 4.79 Å². The van der Waals surface area contributed by atoms with Crippen molar-refractivity contribution in [1.29, 1.82) is 0 Å². The lowest BCUT2D eigenvalue weighted by atomic mass is 10.0. The van der Waals surface area contributed by atoms with E-state index >= 15 is 0 Å². The standard InChI is InChI=1S/C26H24N2O2/c1-30-25-23(26(29)27-18-10-13-19-11-4-2-5-12-19)21-16-8-9-17-22(21)28-24(25)20-14-6-3-7-15-20/h2-9,11-12,14-17H,10,13,18H2,1H3,(H,27,29). The maximum absolute atomic E-state index is 13.2. The summed E-state index contributed by atoms with van der Waals surface area (Å²) in [6, 6.07) is 27.8. The highest BCUT2D eigenvalue weighted by molar-refractivity contribution is 6.10. The molecule has 4 nitrogen and oxygen atoms in total. The third-order valence-electron chi connectivity index (χ3n) is 5.10. The number of methoxy groups -OCH3 is 1. The highest BCUT2D eigenvalue weighted by atomic mass is 16.5. The van der Waals surface area contributed by atoms with E-state index in [-0.39, 0.29) is 5.91 Å². The summed E-state index contributed by atoms with van der Waals surface area (Å²) in [5.74, 6) is 0.358. The molecule has 30 heavy (non-hydrogen) atoms. The molecule has 1 heterocycles. The molecular formula is C26H24N2O2. The van der Waals surface area contributed by atoms with Crippen LogP contribution in [0, 0.1) is 0 Å². The monoisotopic (exact) mass is 396 g/mol. The average Bonchev–Trinajstić information content (AvgIpc) is 2.81. The molecule has 0 unspecified atom stereocenters. The Morgan fingerprint density at radius 3 is 2.30 bits per heavy atom. The van der Waals surface area contributed by atoms with Crippen molar-refractivity contribution in [3.8, 4) is 17.0 Å². The van der Waals surface area contributed by atoms with Crippen LogP contribution in [0.4, 0.5) is 0 Å². The fraction of sp³-hybridized carbons (Fsp3) is 0.154. The lowest BCUT2D eigenvalue weighted by Crippen LogP contribution is -2.26. The van der Waals surface area contributed by atoms with Gasteiger partial charge in [0.15, 0.2) is 5.75 Å². The summed E-state index contributed by atoms with van der Waals surface area (Å²) in [4.78, 5) is 18.0. The Labute approximate surface area is 176 Å². The number of hydrogen-bond donors (Lipinski definition) is 1. The molecule has 0 aliphatic carbocycles. The number of carbonyl (C=O) groups is 1. The number of para-hydroxylation sites is 1. The number of hydrogen-bond acceptors (Lipinski definition) is 3. The van der Waals surface area contributed by atoms with Crippen LogP contribution in [0.15, 0.2) is 84.9 Å². The molecule has 150 valence electrons. The molecule has 3 aromatic carbocycles. The van der Waals surface area contributed by atoms with Crippen molar-refractivity contribution >= 4 is 16.8 Å². The summed E-state index contributed by atoms with van der Waals surface area (Å²) in [7, 11) is 1.59. The van der Waals surface area contributed by atoms with Crippen molar-refractivity contribution in [2.24, 2.45) is 0 Å². The Balaban J connectivity index is 1.64. The largest absolute Gasteiger partial charge is 0.494 e. The molecule has 0 bridgehead atoms. The zero-order chi connectivity index (χ0) is 20.8. The van der Waals surface area contributed by atoms with Crippen LogP contribution >= 0.6 is 0 Å². The summed E-state index contributed by atoms with van der Waals surface area (Å²) in [6.45, 7) is 0.591. The zero-order valence-corrected chi connectivity index (χ0v) is 17.0. The first-order chi connectivity index (χ1) is 14.8. The van der Waals surface area contributed by atoms with Gasteiger partial charge in [-0.3, -0.25) is 4.79 Å². The third-order valence-corrected chi connectivity index (χ3v) is 5.10. The molecule has 1 amide bonds. The minimum Gasteiger partial charge on any atom is -0.494 e. The van der Waals surface area contributed by atoms with Crippen LogP contribution in [0.25, 0.3) is 22.2 Å². The molecule has 0 atom stereocenters. The van der Waals surface area contributed by atoms with Gasteiger partial charge in [0.05, 0.1) is 18.2 Å². The van der Waals surface area contributed by atoms with Crippen molar-refractivity contribution in [2.75, 3.05) is 13.7 Å². The first-order valence-electron chi connectivity index (χ1n) is 10.1. The minimum atomic E-state index is -0.143. The van der Waals surface area contributed by atoms with Crippen LogP contribution in [0.2, 0.25) is 0 Å². The molecule has 1 N–H and O–H groups in total. The van der Waals surface area contributed by atoms with Gasteiger partial charge in [0, 0.05) is 17.5 Å². The predicted molar refractivity (Wildman–Crippen MR) is 121 cm³/mol. The Kier molecular flexibility index (Phi) is 6.04. The average molecular weight is 396 g/mol. The van der Waals surface area contributed by atoms with Crippen molar-refractivity contribution in [3.63, 3.8) is 0 Å². The molecular weight excluding hydrogens is 372 g/mol. The summed E-state index contributed by atoms with van der Waals surface area (Å²) >= 11 is 0. The van der Waals surface area contributed by atoms with E-state index in [1.165, 1.54) is 5.56 Å². The van der Waals surface area contributed by atoms with Gasteiger partial charge >= 0.3 is 0 Å². The first kappa shape index (κ1) is 19.6. The number of nitrogens with zero attached hydrogens (tertiary/aromatic N) is 1. The Bertz CT molecular complexity index is 1140. The molecule has 4 heteroatoms. The fourth-order valence-corrected chi connectivity index (χ4v) is 3.64. The Morgan fingerprint density at radius 1 is 0.900 bits per heavy atom. The lowest BCUT2D eigenvalue weighted by Gasteiger charge is -2.16. The molecule has 0 radical (unpaired) electrons. The van der Waals surface area contributed by atoms with Crippen LogP contribution in [0.3, 0.4) is 0 Å². The number of nitrogens with one attached hydrogen (secondary N) is 1. The van der Waals surface area contributed by atoms with Crippen molar-refractivity contribution in [3.05, 3.63) is 96.1 Å². The molecule has 0 aliphatic heterocycles. The number of pyridine rings is 1. The fourth-order valence-electron chi connectivity index (χ4n) is 3.64. The summed E-state index contributed by atoms with van der Waals surface area (Å²) < 4.78 is 5.71. The smallest absolute Gasteiger partial charge is 0.255 e. The maximum atomic E-state index is 13.2. The van der Waals surface area contributed by atoms with Crippen LogP contribution in [0.5, 0.6) is 5.75 Å². The van der Waals surface area contributed by atoms with Crippen LogP contribution in [0.1, 0.15) is 22.3 Å². The van der Waals surface area contributed by atoms with E-state index in [0.717, 1.165) is 29.3 Å². The molecule has 0 saturated heterocycles. The number of aryl methyl sites for hydroxylation is 1. The summed E-state index contributed by atoms with van der Waals surface area (Å²) in [6.07, 6.45) is 1.79. The molecule has 4 aromatic rings. The third kappa shape index (κ3) is 4.18. The Morgan fingerprint density at radius 2 is 1.57 bits per heavy atom. The highest BCUT2D eigenvalue weighted by Gasteiger charge is 2.22. The van der Waals surface area contributed by atoms with Crippen molar-refractivity contribution < 1.29 is 9.53 Å². The van der Waals surface area contributed by atoms with E-state index in [1.807, 2.05) is 72.8 Å². The van der Waals surface area contributed by atoms with Gasteiger partial charge in [-0.25, -0.2) is 4.98 Å². The predicted octanol–water partition coefficient (Wildman–Crippen LogP) is 5.27. The van der Waals surface area contributed by atoms with Gasteiger partial charge in [0.2, 0.25) is 0 Å². The van der Waals surface area contributed by atoms with E-state index in [0.29, 0.717) is 23.6 Å². The molecule has 0 aliphatic rings. The van der Waals surface area contributed by atoms with Crippen LogP contribution in [-0.4, -0.2) is 24.5 Å². The topological polar surface area (TPSA) is 51.2 Å². The van der Waals surface area contributed by atoms with Crippen LogP contribution in [-0.2, 0) is 6.42 Å². The molecule has 4 rings (SSSR count). The first-order valence-corrected chi connectivity index (χ1v) is 10.1. The van der Waals surface area contributed by atoms with Gasteiger partial charge in [-0.2, -0.15) is 0 Å². The number of benzene rings is 3. The second kappa shape index (κ2) is 9.23. The summed E-state index contributed by atoms with van der Waals surface area (Å²) in [5.41, 5.74) is 4.16. The summed E-state index contributed by atoms with van der Waals surface area (Å²) in [5, 5.41) is 3.85. The second-order valence-electron chi connectivity index (χ2n) is 7.10. The van der Waals surface area contributed by atoms with Crippen molar-refractivity contribution in [2.45, 2.75) is 12.8 Å². The normalized spacial score (nSPS) is 10.7. The number of carbonyl (C=O) groups excluding carboxylic acids is 1. The number of aromatic nitrogens is 1. The van der Waals surface area contributed by atoms with Crippen molar-refractivity contribution in [1.82, 2.24) is 10.3 Å². The SMILES string of the molecule is COc1c(-c2ccccc2)nc2ccccc2c1C(=O)NCCCc1ccccc1. The molecule has 0 saturated carbocycles. The van der Waals surface area contributed by atoms with E-state index in [1.54, 1.807) is 7.11 Å². The Hall–Kier alpha value is -3.66. The minimum absolute atomic E-state index is 0.143. The quantitative estimate of drug-likeness (QED) is 0.433. The van der Waals surface area contributed by atoms with Gasteiger partial charge in [-0.15, -0.1) is 0 Å². The van der Waals surface area contributed by atoms with Gasteiger partial charge in [0.1, 0.15) is 5.69 Å². The maximum Gasteiger partial charge on any atom is 0.255 e. The number of amides is 1. The van der Waals surface area contributed by atoms with E-state index < -0.39 is 0 Å². The number of fused-ring (bicyclic) bond motifs is 1. The van der Waals surface area contributed by atoms with Gasteiger partial charge in [-0.05, 0) is 24.5 Å². The van der Waals surface area contributed by atoms with E-state index in [2.05, 4.69) is 17.4 Å². The highest BCUT2D eigenvalue weighted by Crippen LogP contribution is 2.36.